The topological polar surface area (TPSA) is 87.3 Å². The van der Waals surface area contributed by atoms with Crippen molar-refractivity contribution in [2.75, 3.05) is 17.2 Å². The van der Waals surface area contributed by atoms with Crippen molar-refractivity contribution in [2.24, 2.45) is 5.92 Å². The van der Waals surface area contributed by atoms with Gasteiger partial charge in [-0.25, -0.2) is 0 Å². The van der Waals surface area contributed by atoms with Gasteiger partial charge in [0.1, 0.15) is 0 Å². The highest BCUT2D eigenvalue weighted by molar-refractivity contribution is 5.99. The normalized spacial score (nSPS) is 20.7. The highest BCUT2D eigenvalue weighted by atomic mass is 16.2. The first kappa shape index (κ1) is 17.3. The van der Waals surface area contributed by atoms with Gasteiger partial charge in [0.15, 0.2) is 0 Å². The van der Waals surface area contributed by atoms with Gasteiger partial charge in [0.25, 0.3) is 0 Å². The average Bonchev–Trinajstić information content (AvgIpc) is 3.28. The largest absolute Gasteiger partial charge is 0.355 e. The van der Waals surface area contributed by atoms with Gasteiger partial charge in [0.05, 0.1) is 11.8 Å². The first-order valence-electron chi connectivity index (χ1n) is 9.16. The average molecular weight is 363 g/mol. The summed E-state index contributed by atoms with van der Waals surface area (Å²) in [5, 5.41) is 8.44. The first-order chi connectivity index (χ1) is 13.1. The first-order valence-corrected chi connectivity index (χ1v) is 9.16. The zero-order valence-electron chi connectivity index (χ0n) is 14.8. The number of rotatable bonds is 4. The van der Waals surface area contributed by atoms with Crippen LogP contribution in [0.5, 0.6) is 0 Å². The Labute approximate surface area is 157 Å². The predicted molar refractivity (Wildman–Crippen MR) is 102 cm³/mol. The van der Waals surface area contributed by atoms with Gasteiger partial charge in [-0.05, 0) is 42.2 Å². The minimum atomic E-state index is -0.356. The fraction of sp³-hybridized carbons (Fsp3) is 0.286. The van der Waals surface area contributed by atoms with Crippen molar-refractivity contribution >= 4 is 29.1 Å². The third-order valence-corrected chi connectivity index (χ3v) is 5.20. The molecule has 27 heavy (non-hydrogen) atoms. The van der Waals surface area contributed by atoms with E-state index in [4.69, 9.17) is 0 Å². The molecule has 3 amide bonds. The Morgan fingerprint density at radius 1 is 0.963 bits per heavy atom. The second-order valence-corrected chi connectivity index (χ2v) is 7.05. The summed E-state index contributed by atoms with van der Waals surface area (Å²) in [6.45, 7) is 0.363. The van der Waals surface area contributed by atoms with E-state index in [1.165, 1.54) is 5.56 Å². The van der Waals surface area contributed by atoms with Gasteiger partial charge in [-0.3, -0.25) is 14.4 Å². The number of hydrogen-bond donors (Lipinski definition) is 3. The molecule has 2 aromatic carbocycles. The predicted octanol–water partition coefficient (Wildman–Crippen LogP) is 2.43. The Balaban J connectivity index is 1.41. The Morgan fingerprint density at radius 3 is 2.44 bits per heavy atom. The number of benzene rings is 2. The lowest BCUT2D eigenvalue weighted by molar-refractivity contribution is -0.123. The van der Waals surface area contributed by atoms with E-state index in [9.17, 15) is 14.4 Å². The maximum absolute atomic E-state index is 12.7. The zero-order chi connectivity index (χ0) is 18.8. The Bertz CT molecular complexity index is 909. The van der Waals surface area contributed by atoms with Crippen molar-refractivity contribution in [3.63, 3.8) is 0 Å². The third-order valence-electron chi connectivity index (χ3n) is 5.20. The van der Waals surface area contributed by atoms with Crippen molar-refractivity contribution in [1.29, 1.82) is 0 Å². The van der Waals surface area contributed by atoms with Crippen LogP contribution < -0.4 is 16.0 Å². The molecule has 0 spiro atoms. The van der Waals surface area contributed by atoms with Crippen LogP contribution in [0.25, 0.3) is 0 Å². The minimum Gasteiger partial charge on any atom is -0.355 e. The van der Waals surface area contributed by atoms with Gasteiger partial charge in [0, 0.05) is 24.3 Å². The number of hydrogen-bond acceptors (Lipinski definition) is 3. The summed E-state index contributed by atoms with van der Waals surface area (Å²) in [5.74, 6) is -0.829. The summed E-state index contributed by atoms with van der Waals surface area (Å²) in [5.41, 5.74) is 3.57. The molecule has 0 bridgehead atoms. The van der Waals surface area contributed by atoms with Crippen LogP contribution in [0.1, 0.15) is 29.9 Å². The van der Waals surface area contributed by atoms with Crippen molar-refractivity contribution in [1.82, 2.24) is 5.32 Å². The van der Waals surface area contributed by atoms with E-state index in [-0.39, 0.29) is 36.0 Å². The van der Waals surface area contributed by atoms with Gasteiger partial charge in [-0.1, -0.05) is 30.3 Å². The van der Waals surface area contributed by atoms with Crippen LogP contribution in [0.2, 0.25) is 0 Å². The second-order valence-electron chi connectivity index (χ2n) is 7.05. The highest BCUT2D eigenvalue weighted by Crippen LogP contribution is 2.33. The molecule has 2 atom stereocenters. The van der Waals surface area contributed by atoms with E-state index in [1.54, 1.807) is 24.3 Å². The molecule has 1 heterocycles. The molecular formula is C21H21N3O3. The smallest absolute Gasteiger partial charge is 0.231 e. The quantitative estimate of drug-likeness (QED) is 0.780. The third kappa shape index (κ3) is 3.69. The van der Waals surface area contributed by atoms with Crippen LogP contribution in [-0.2, 0) is 20.8 Å². The number of amides is 3. The summed E-state index contributed by atoms with van der Waals surface area (Å²) in [6.07, 6.45) is 1.94. The van der Waals surface area contributed by atoms with E-state index in [1.807, 2.05) is 18.2 Å². The second kappa shape index (κ2) is 7.23. The van der Waals surface area contributed by atoms with Gasteiger partial charge in [0.2, 0.25) is 17.7 Å². The summed E-state index contributed by atoms with van der Waals surface area (Å²) < 4.78 is 0. The van der Waals surface area contributed by atoms with Crippen LogP contribution in [0, 0.1) is 5.92 Å². The zero-order valence-corrected chi connectivity index (χ0v) is 14.8. The molecule has 1 unspecified atom stereocenters. The number of carbonyl (C=O) groups is 3. The standard InChI is InChI=1S/C21H21N3O3/c25-19-10-14(12-22-19)20(26)23-15-5-3-6-16(11-15)24-21(27)18-9-8-13-4-1-2-7-17(13)18/h1-7,11,14,18H,8-10,12H2,(H,22,25)(H,23,26)(H,24,27)/t14?,18-/m1/s1. The fourth-order valence-electron chi connectivity index (χ4n) is 3.77. The molecule has 1 saturated heterocycles. The molecule has 1 aliphatic heterocycles. The number of anilines is 2. The lowest BCUT2D eigenvalue weighted by atomic mass is 10.0. The molecule has 0 radical (unpaired) electrons. The molecule has 2 aliphatic rings. The Hall–Kier alpha value is -3.15. The van der Waals surface area contributed by atoms with Crippen LogP contribution in [-0.4, -0.2) is 24.3 Å². The number of carbonyl (C=O) groups excluding carboxylic acids is 3. The molecule has 6 heteroatoms. The van der Waals surface area contributed by atoms with Crippen molar-refractivity contribution in [2.45, 2.75) is 25.2 Å². The van der Waals surface area contributed by atoms with Crippen molar-refractivity contribution < 1.29 is 14.4 Å². The number of fused-ring (bicyclic) bond motifs is 1. The van der Waals surface area contributed by atoms with Gasteiger partial charge >= 0.3 is 0 Å². The molecule has 2 aromatic rings. The fourth-order valence-corrected chi connectivity index (χ4v) is 3.77. The molecule has 3 N–H and O–H groups in total. The molecule has 1 fully saturated rings. The summed E-state index contributed by atoms with van der Waals surface area (Å²) in [6, 6.07) is 15.1. The van der Waals surface area contributed by atoms with Crippen molar-refractivity contribution in [3.05, 3.63) is 59.7 Å². The number of aryl methyl sites for hydroxylation is 1. The van der Waals surface area contributed by atoms with E-state index >= 15 is 0 Å². The van der Waals surface area contributed by atoms with Gasteiger partial charge in [-0.15, -0.1) is 0 Å². The van der Waals surface area contributed by atoms with E-state index in [2.05, 4.69) is 22.0 Å². The van der Waals surface area contributed by atoms with E-state index in [0.717, 1.165) is 18.4 Å². The van der Waals surface area contributed by atoms with Crippen molar-refractivity contribution in [3.8, 4) is 0 Å². The van der Waals surface area contributed by atoms with Gasteiger partial charge < -0.3 is 16.0 Å². The molecule has 0 aromatic heterocycles. The molecule has 6 nitrogen and oxygen atoms in total. The lowest BCUT2D eigenvalue weighted by Crippen LogP contribution is -2.24. The maximum Gasteiger partial charge on any atom is 0.231 e. The van der Waals surface area contributed by atoms with Crippen LogP contribution in [0.4, 0.5) is 11.4 Å². The molecular weight excluding hydrogens is 342 g/mol. The van der Waals surface area contributed by atoms with Crippen LogP contribution >= 0.6 is 0 Å². The summed E-state index contributed by atoms with van der Waals surface area (Å²) in [4.78, 5) is 36.2. The Kier molecular flexibility index (Phi) is 4.62. The molecule has 1 aliphatic carbocycles. The molecule has 4 rings (SSSR count). The SMILES string of the molecule is O=C1CC(C(=O)Nc2cccc(NC(=O)[C@@H]3CCc4ccccc43)c2)CN1. The number of nitrogens with one attached hydrogen (secondary N) is 3. The molecule has 138 valence electrons. The lowest BCUT2D eigenvalue weighted by Gasteiger charge is -2.14. The van der Waals surface area contributed by atoms with E-state index < -0.39 is 0 Å². The van der Waals surface area contributed by atoms with Gasteiger partial charge in [-0.2, -0.15) is 0 Å². The van der Waals surface area contributed by atoms with Crippen LogP contribution in [0.15, 0.2) is 48.5 Å². The Morgan fingerprint density at radius 2 is 1.70 bits per heavy atom. The van der Waals surface area contributed by atoms with Crippen LogP contribution in [0.3, 0.4) is 0 Å². The monoisotopic (exact) mass is 363 g/mol. The summed E-state index contributed by atoms with van der Waals surface area (Å²) in [7, 11) is 0. The molecule has 0 saturated carbocycles. The maximum atomic E-state index is 12.7. The summed E-state index contributed by atoms with van der Waals surface area (Å²) >= 11 is 0. The van der Waals surface area contributed by atoms with E-state index in [0.29, 0.717) is 17.9 Å². The highest BCUT2D eigenvalue weighted by Gasteiger charge is 2.29. The minimum absolute atomic E-state index is 0.0333.